The zero-order valence-electron chi connectivity index (χ0n) is 12.2. The quantitative estimate of drug-likeness (QED) is 0.584. The summed E-state index contributed by atoms with van der Waals surface area (Å²) >= 11 is 6.13. The van der Waals surface area contributed by atoms with E-state index in [9.17, 15) is 9.90 Å². The molecular weight excluding hydrogens is 314 g/mol. The average molecular weight is 326 g/mol. The van der Waals surface area contributed by atoms with Gasteiger partial charge in [0.25, 0.3) is 5.56 Å². The van der Waals surface area contributed by atoms with Crippen molar-refractivity contribution >= 4 is 33.4 Å². The monoisotopic (exact) mass is 325 g/mol. The zero-order chi connectivity index (χ0) is 16.1. The third kappa shape index (κ3) is 2.09. The Morgan fingerprint density at radius 1 is 1.13 bits per heavy atom. The van der Waals surface area contributed by atoms with Gasteiger partial charge in [-0.3, -0.25) is 14.0 Å². The second kappa shape index (κ2) is 4.86. The van der Waals surface area contributed by atoms with Gasteiger partial charge >= 0.3 is 0 Å². The largest absolute Gasteiger partial charge is 0.508 e. The molecule has 1 N–H and O–H groups in total. The molecule has 5 nitrogen and oxygen atoms in total. The number of rotatable bonds is 1. The van der Waals surface area contributed by atoms with Crippen LogP contribution in [-0.2, 0) is 7.05 Å². The van der Waals surface area contributed by atoms with E-state index >= 15 is 0 Å². The number of nitrogens with zero attached hydrogens (tertiary/aromatic N) is 3. The second-order valence-electron chi connectivity index (χ2n) is 5.39. The number of hydrogen-bond acceptors (Lipinski definition) is 3. The number of hydrogen-bond donors (Lipinski definition) is 1. The van der Waals surface area contributed by atoms with Gasteiger partial charge in [-0.25, -0.2) is 0 Å². The molecule has 0 saturated heterocycles. The Morgan fingerprint density at radius 3 is 2.74 bits per heavy atom. The Kier molecular flexibility index (Phi) is 2.92. The van der Waals surface area contributed by atoms with Crippen molar-refractivity contribution in [3.05, 3.63) is 64.0 Å². The van der Waals surface area contributed by atoms with Crippen molar-refractivity contribution in [2.24, 2.45) is 7.05 Å². The maximum Gasteiger partial charge on any atom is 0.283 e. The standard InChI is InChI=1S/C17H12ClN3O2/c1-20-9-14-13-6-5-10(18)7-15(13)21(17(23)16(14)19-20)11-3-2-4-12(22)8-11/h2-9,22H,1H3. The number of fused-ring (bicyclic) bond motifs is 3. The zero-order valence-corrected chi connectivity index (χ0v) is 12.9. The van der Waals surface area contributed by atoms with E-state index in [4.69, 9.17) is 11.6 Å². The summed E-state index contributed by atoms with van der Waals surface area (Å²) in [5.74, 6) is 0.0886. The summed E-state index contributed by atoms with van der Waals surface area (Å²) in [6, 6.07) is 12.0. The third-order valence-corrected chi connectivity index (χ3v) is 4.05. The molecule has 2 aromatic heterocycles. The Morgan fingerprint density at radius 2 is 1.96 bits per heavy atom. The second-order valence-corrected chi connectivity index (χ2v) is 5.82. The van der Waals surface area contributed by atoms with Gasteiger partial charge in [0.15, 0.2) is 5.52 Å². The van der Waals surface area contributed by atoms with Gasteiger partial charge in [0, 0.05) is 35.1 Å². The number of aromatic hydroxyl groups is 1. The van der Waals surface area contributed by atoms with Gasteiger partial charge in [0.05, 0.1) is 11.2 Å². The number of pyridine rings is 1. The van der Waals surface area contributed by atoms with Gasteiger partial charge < -0.3 is 5.11 Å². The predicted octanol–water partition coefficient (Wildman–Crippen LogP) is 3.24. The van der Waals surface area contributed by atoms with E-state index in [1.54, 1.807) is 42.1 Å². The molecule has 6 heteroatoms. The van der Waals surface area contributed by atoms with Gasteiger partial charge in [-0.2, -0.15) is 5.10 Å². The molecule has 23 heavy (non-hydrogen) atoms. The van der Waals surface area contributed by atoms with E-state index in [1.165, 1.54) is 10.6 Å². The SMILES string of the molecule is Cn1cc2c(n1)c(=O)n(-c1cccc(O)c1)c1cc(Cl)ccc21. The highest BCUT2D eigenvalue weighted by atomic mass is 35.5. The van der Waals surface area contributed by atoms with Crippen LogP contribution in [0.25, 0.3) is 27.5 Å². The van der Waals surface area contributed by atoms with Crippen LogP contribution in [0.5, 0.6) is 5.75 Å². The van der Waals surface area contributed by atoms with Crippen LogP contribution in [0, 0.1) is 0 Å². The fourth-order valence-electron chi connectivity index (χ4n) is 2.86. The summed E-state index contributed by atoms with van der Waals surface area (Å²) in [7, 11) is 1.78. The van der Waals surface area contributed by atoms with Gasteiger partial charge in [0.1, 0.15) is 5.75 Å². The normalized spacial score (nSPS) is 11.4. The average Bonchev–Trinajstić information content (AvgIpc) is 2.89. The lowest BCUT2D eigenvalue weighted by Crippen LogP contribution is -2.19. The summed E-state index contributed by atoms with van der Waals surface area (Å²) in [5, 5.41) is 16.2. The van der Waals surface area contributed by atoms with Crippen LogP contribution in [0.1, 0.15) is 0 Å². The molecule has 0 saturated carbocycles. The molecule has 114 valence electrons. The number of halogens is 1. The predicted molar refractivity (Wildman–Crippen MR) is 90.5 cm³/mol. The summed E-state index contributed by atoms with van der Waals surface area (Å²) < 4.78 is 3.14. The molecule has 0 aliphatic rings. The number of phenols is 1. The summed E-state index contributed by atoms with van der Waals surface area (Å²) in [6.07, 6.45) is 1.82. The van der Waals surface area contributed by atoms with E-state index in [-0.39, 0.29) is 11.3 Å². The van der Waals surface area contributed by atoms with Crippen LogP contribution in [0.4, 0.5) is 0 Å². The Hall–Kier alpha value is -2.79. The molecule has 2 aromatic carbocycles. The molecule has 0 unspecified atom stereocenters. The van der Waals surface area contributed by atoms with Crippen LogP contribution in [-0.4, -0.2) is 19.5 Å². The van der Waals surface area contributed by atoms with Crippen molar-refractivity contribution in [2.45, 2.75) is 0 Å². The lowest BCUT2D eigenvalue weighted by Gasteiger charge is -2.11. The van der Waals surface area contributed by atoms with Crippen LogP contribution in [0.2, 0.25) is 5.02 Å². The molecule has 2 heterocycles. The van der Waals surface area contributed by atoms with E-state index in [1.807, 2.05) is 12.3 Å². The lowest BCUT2D eigenvalue weighted by molar-refractivity contribution is 0.475. The van der Waals surface area contributed by atoms with Crippen LogP contribution < -0.4 is 5.56 Å². The molecule has 0 radical (unpaired) electrons. The Labute approximate surface area is 136 Å². The maximum absolute atomic E-state index is 12.9. The smallest absolute Gasteiger partial charge is 0.283 e. The van der Waals surface area contributed by atoms with Crippen molar-refractivity contribution < 1.29 is 5.11 Å². The van der Waals surface area contributed by atoms with Gasteiger partial charge in [-0.05, 0) is 24.3 Å². The Balaban J connectivity index is 2.26. The van der Waals surface area contributed by atoms with Crippen molar-refractivity contribution in [2.75, 3.05) is 0 Å². The molecular formula is C17H12ClN3O2. The van der Waals surface area contributed by atoms with Crippen molar-refractivity contribution in [1.29, 1.82) is 0 Å². The first-order chi connectivity index (χ1) is 11.0. The molecule has 0 aliphatic carbocycles. The first-order valence-electron chi connectivity index (χ1n) is 7.01. The first-order valence-corrected chi connectivity index (χ1v) is 7.39. The van der Waals surface area contributed by atoms with Crippen LogP contribution in [0.15, 0.2) is 53.5 Å². The number of aromatic nitrogens is 3. The fourth-order valence-corrected chi connectivity index (χ4v) is 3.03. The summed E-state index contributed by atoms with van der Waals surface area (Å²) in [4.78, 5) is 12.9. The minimum Gasteiger partial charge on any atom is -0.508 e. The van der Waals surface area contributed by atoms with Gasteiger partial charge in [-0.1, -0.05) is 23.7 Å². The lowest BCUT2D eigenvalue weighted by atomic mass is 10.1. The fraction of sp³-hybridized carbons (Fsp3) is 0.0588. The molecule has 0 aliphatic heterocycles. The maximum atomic E-state index is 12.9. The summed E-state index contributed by atoms with van der Waals surface area (Å²) in [6.45, 7) is 0. The van der Waals surface area contributed by atoms with E-state index < -0.39 is 0 Å². The van der Waals surface area contributed by atoms with Gasteiger partial charge in [0.2, 0.25) is 0 Å². The minimum atomic E-state index is -0.249. The molecule has 0 bridgehead atoms. The van der Waals surface area contributed by atoms with E-state index in [2.05, 4.69) is 5.10 Å². The molecule has 0 amide bonds. The number of benzene rings is 2. The number of phenolic OH excluding ortho intramolecular Hbond substituents is 1. The minimum absolute atomic E-state index is 0.0886. The number of aryl methyl sites for hydroxylation is 1. The van der Waals surface area contributed by atoms with Crippen molar-refractivity contribution in [1.82, 2.24) is 14.3 Å². The van der Waals surface area contributed by atoms with E-state index in [0.717, 1.165) is 10.8 Å². The molecule has 0 spiro atoms. The third-order valence-electron chi connectivity index (χ3n) is 3.81. The molecule has 0 atom stereocenters. The van der Waals surface area contributed by atoms with Gasteiger partial charge in [-0.15, -0.1) is 0 Å². The molecule has 0 fully saturated rings. The highest BCUT2D eigenvalue weighted by molar-refractivity contribution is 6.31. The van der Waals surface area contributed by atoms with Crippen LogP contribution >= 0.6 is 11.6 Å². The first kappa shape index (κ1) is 13.8. The highest BCUT2D eigenvalue weighted by Gasteiger charge is 2.15. The van der Waals surface area contributed by atoms with Crippen molar-refractivity contribution in [3.8, 4) is 11.4 Å². The van der Waals surface area contributed by atoms with Crippen LogP contribution in [0.3, 0.4) is 0 Å². The van der Waals surface area contributed by atoms with E-state index in [0.29, 0.717) is 21.7 Å². The molecule has 4 aromatic rings. The Bertz CT molecular complexity index is 1130. The van der Waals surface area contributed by atoms with Crippen molar-refractivity contribution in [3.63, 3.8) is 0 Å². The molecule has 4 rings (SSSR count). The highest BCUT2D eigenvalue weighted by Crippen LogP contribution is 2.27. The topological polar surface area (TPSA) is 60.0 Å². The summed E-state index contributed by atoms with van der Waals surface area (Å²) in [5.41, 5.74) is 1.37.